The largest absolute Gasteiger partial charge is 0.494 e. The number of hydrogen-bond donors (Lipinski definition) is 2. The zero-order chi connectivity index (χ0) is 28.5. The fourth-order valence-corrected chi connectivity index (χ4v) is 7.20. The van der Waals surface area contributed by atoms with Gasteiger partial charge in [0.2, 0.25) is 0 Å². The van der Waals surface area contributed by atoms with Gasteiger partial charge in [0.15, 0.2) is 5.82 Å². The highest BCUT2D eigenvalue weighted by Crippen LogP contribution is 2.41. The molecule has 2 aromatic carbocycles. The van der Waals surface area contributed by atoms with Gasteiger partial charge in [0, 0.05) is 49.4 Å². The molecule has 2 aliphatic carbocycles. The molecule has 4 heterocycles. The molecule has 42 heavy (non-hydrogen) atoms. The van der Waals surface area contributed by atoms with Gasteiger partial charge in [-0.1, -0.05) is 18.2 Å². The van der Waals surface area contributed by atoms with Gasteiger partial charge in [-0.15, -0.1) is 0 Å². The van der Waals surface area contributed by atoms with Gasteiger partial charge in [-0.3, -0.25) is 4.79 Å². The van der Waals surface area contributed by atoms with Crippen LogP contribution in [-0.4, -0.2) is 55.6 Å². The number of aryl methyl sites for hydroxylation is 1. The Morgan fingerprint density at radius 2 is 1.95 bits per heavy atom. The summed E-state index contributed by atoms with van der Waals surface area (Å²) in [6.45, 7) is 1.65. The van der Waals surface area contributed by atoms with E-state index in [-0.39, 0.29) is 18.0 Å². The van der Waals surface area contributed by atoms with Crippen LogP contribution in [0.2, 0.25) is 0 Å². The molecule has 214 valence electrons. The lowest BCUT2D eigenvalue weighted by Crippen LogP contribution is -2.41. The highest BCUT2D eigenvalue weighted by molar-refractivity contribution is 6.01. The van der Waals surface area contributed by atoms with Crippen molar-refractivity contribution < 1.29 is 9.53 Å². The van der Waals surface area contributed by atoms with Gasteiger partial charge in [-0.2, -0.15) is 0 Å². The van der Waals surface area contributed by atoms with Crippen molar-refractivity contribution in [2.75, 3.05) is 19.0 Å². The summed E-state index contributed by atoms with van der Waals surface area (Å²) >= 11 is 0. The molecule has 0 spiro atoms. The van der Waals surface area contributed by atoms with E-state index in [9.17, 15) is 4.79 Å². The number of anilines is 2. The van der Waals surface area contributed by atoms with Gasteiger partial charge in [-0.25, -0.2) is 9.97 Å². The van der Waals surface area contributed by atoms with Crippen molar-refractivity contribution in [1.82, 2.24) is 24.0 Å². The second kappa shape index (κ2) is 9.59. The minimum atomic E-state index is 0.0122. The zero-order valence-electron chi connectivity index (χ0n) is 24.0. The molecule has 5 aromatic rings. The Hall–Kier alpha value is -4.37. The molecule has 3 aliphatic rings. The number of methoxy groups -OCH3 is 1. The van der Waals surface area contributed by atoms with E-state index in [2.05, 4.69) is 43.7 Å². The molecule has 1 aliphatic heterocycles. The van der Waals surface area contributed by atoms with Gasteiger partial charge < -0.3 is 29.8 Å². The van der Waals surface area contributed by atoms with Crippen molar-refractivity contribution in [2.45, 2.75) is 44.3 Å². The minimum Gasteiger partial charge on any atom is -0.494 e. The van der Waals surface area contributed by atoms with E-state index in [1.807, 2.05) is 42.3 Å². The number of pyridine rings is 1. The molecule has 2 bridgehead atoms. The van der Waals surface area contributed by atoms with Crippen LogP contribution in [0.5, 0.6) is 5.75 Å². The number of para-hydroxylation sites is 1. The average Bonchev–Trinajstić information content (AvgIpc) is 3.39. The first kappa shape index (κ1) is 25.3. The van der Waals surface area contributed by atoms with E-state index in [0.29, 0.717) is 23.1 Å². The maximum absolute atomic E-state index is 13.7. The molecule has 9 nitrogen and oxygen atoms in total. The number of fused-ring (bicyclic) bond motifs is 4. The number of carbonyl (C=O) groups is 1. The van der Waals surface area contributed by atoms with Crippen molar-refractivity contribution in [3.8, 4) is 17.3 Å². The van der Waals surface area contributed by atoms with E-state index >= 15 is 0 Å². The zero-order valence-corrected chi connectivity index (χ0v) is 24.0. The van der Waals surface area contributed by atoms with E-state index in [1.54, 1.807) is 13.3 Å². The molecule has 3 aromatic heterocycles. The first-order valence-electron chi connectivity index (χ1n) is 14.9. The number of imidazole rings is 1. The number of rotatable bonds is 7. The Labute approximate surface area is 244 Å². The molecule has 9 heteroatoms. The first-order chi connectivity index (χ1) is 20.5. The van der Waals surface area contributed by atoms with Gasteiger partial charge in [-0.05, 0) is 73.9 Å². The number of amides is 1. The summed E-state index contributed by atoms with van der Waals surface area (Å²) in [6, 6.07) is 18.4. The molecular weight excluding hydrogens is 526 g/mol. The minimum absolute atomic E-state index is 0.0122. The number of nitrogens with two attached hydrogens (primary N) is 1. The van der Waals surface area contributed by atoms with Gasteiger partial charge >= 0.3 is 0 Å². The number of nitrogens with one attached hydrogen (secondary N) is 1. The number of ether oxygens (including phenoxy) is 1. The number of likely N-dealkylation sites (tertiary alicyclic amines) is 1. The number of carbonyl (C=O) groups excluding carboxylic acids is 1. The number of hydrogen-bond acceptors (Lipinski definition) is 6. The van der Waals surface area contributed by atoms with E-state index in [0.717, 1.165) is 70.9 Å². The Morgan fingerprint density at radius 3 is 2.67 bits per heavy atom. The van der Waals surface area contributed by atoms with Crippen molar-refractivity contribution in [1.29, 1.82) is 0 Å². The Morgan fingerprint density at radius 1 is 1.07 bits per heavy atom. The molecule has 1 saturated heterocycles. The summed E-state index contributed by atoms with van der Waals surface area (Å²) < 4.78 is 10.4. The van der Waals surface area contributed by atoms with Crippen LogP contribution < -0.4 is 15.8 Å². The lowest BCUT2D eigenvalue weighted by Gasteiger charge is -2.27. The van der Waals surface area contributed by atoms with Gasteiger partial charge in [0.05, 0.1) is 29.5 Å². The normalized spacial score (nSPS) is 21.5. The third-order valence-electron chi connectivity index (χ3n) is 9.53. The summed E-state index contributed by atoms with van der Waals surface area (Å²) in [5, 5.41) is 4.68. The monoisotopic (exact) mass is 561 g/mol. The highest BCUT2D eigenvalue weighted by Gasteiger charge is 2.47. The third-order valence-corrected chi connectivity index (χ3v) is 9.53. The fraction of sp³-hybridized carbons (Fsp3) is 0.364. The van der Waals surface area contributed by atoms with Gasteiger partial charge in [0.1, 0.15) is 17.1 Å². The lowest BCUT2D eigenvalue weighted by molar-refractivity contribution is 0.0700. The lowest BCUT2D eigenvalue weighted by atomic mass is 10.1. The van der Waals surface area contributed by atoms with Crippen LogP contribution in [0.3, 0.4) is 0 Å². The van der Waals surface area contributed by atoms with E-state index in [1.165, 1.54) is 12.8 Å². The predicted molar refractivity (Wildman–Crippen MR) is 164 cm³/mol. The molecule has 3 atom stereocenters. The smallest absolute Gasteiger partial charge is 0.254 e. The topological polar surface area (TPSA) is 103 Å². The van der Waals surface area contributed by atoms with Gasteiger partial charge in [0.25, 0.3) is 5.91 Å². The molecular formula is C33H35N7O2. The van der Waals surface area contributed by atoms with Crippen molar-refractivity contribution in [3.05, 3.63) is 66.4 Å². The number of aromatic nitrogens is 4. The summed E-state index contributed by atoms with van der Waals surface area (Å²) in [5.74, 6) is 3.36. The molecule has 3 fully saturated rings. The van der Waals surface area contributed by atoms with Crippen molar-refractivity contribution in [3.63, 3.8) is 0 Å². The molecule has 8 rings (SSSR count). The predicted octanol–water partition coefficient (Wildman–Crippen LogP) is 5.31. The summed E-state index contributed by atoms with van der Waals surface area (Å²) in [5.41, 5.74) is 11.8. The maximum Gasteiger partial charge on any atom is 0.254 e. The first-order valence-corrected chi connectivity index (χ1v) is 14.9. The van der Waals surface area contributed by atoms with Crippen LogP contribution in [0.1, 0.15) is 36.0 Å². The third kappa shape index (κ3) is 3.98. The number of benzene rings is 2. The summed E-state index contributed by atoms with van der Waals surface area (Å²) in [4.78, 5) is 25.3. The average molecular weight is 562 g/mol. The van der Waals surface area contributed by atoms with Crippen LogP contribution in [0.25, 0.3) is 33.5 Å². The van der Waals surface area contributed by atoms with Crippen molar-refractivity contribution >= 4 is 39.3 Å². The quantitative estimate of drug-likeness (QED) is 0.279. The van der Waals surface area contributed by atoms with Crippen LogP contribution in [0.4, 0.5) is 11.5 Å². The molecule has 2 saturated carbocycles. The van der Waals surface area contributed by atoms with Crippen LogP contribution in [0.15, 0.2) is 60.8 Å². The van der Waals surface area contributed by atoms with E-state index < -0.39 is 0 Å². The van der Waals surface area contributed by atoms with Crippen molar-refractivity contribution in [2.24, 2.45) is 24.6 Å². The second-order valence-electron chi connectivity index (χ2n) is 12.1. The van der Waals surface area contributed by atoms with Crippen LogP contribution in [-0.2, 0) is 13.6 Å². The Kier molecular flexibility index (Phi) is 5.79. The number of nitrogens with zero attached hydrogens (tertiary/aromatic N) is 5. The second-order valence-corrected chi connectivity index (χ2v) is 12.1. The Bertz CT molecular complexity index is 1840. The highest BCUT2D eigenvalue weighted by atomic mass is 16.5. The standard InChI is InChI=1S/C33H35N7O2/c1-38-31-24(14-22(16-27(31)42-2)33(41)40-18-21-11-12-25(40)29(21)34)37-32(38)26-15-20-6-5-7-23(36-28-8-3-4-13-35-28)30(20)39(26)17-19-9-10-19/h3-8,13-16,19,21,25,29H,9-12,17-18,34H2,1-2H3,(H,35,36)/t21?,25?,29-/m1/s1. The Balaban J connectivity index is 1.25. The van der Waals surface area contributed by atoms with E-state index in [4.69, 9.17) is 15.5 Å². The molecule has 3 N–H and O–H groups in total. The number of piperidine rings is 1. The maximum atomic E-state index is 13.7. The molecule has 2 unspecified atom stereocenters. The fourth-order valence-electron chi connectivity index (χ4n) is 7.20. The van der Waals surface area contributed by atoms with Crippen LogP contribution >= 0.6 is 0 Å². The SMILES string of the molecule is COc1cc(C(=O)N2CC3CCC2[C@@H]3N)cc2nc(-c3cc4cccc(Nc5ccccn5)c4n3CC3CC3)n(C)c12. The molecule has 1 amide bonds. The summed E-state index contributed by atoms with van der Waals surface area (Å²) in [7, 11) is 3.68. The van der Waals surface area contributed by atoms with Crippen LogP contribution in [0, 0.1) is 11.8 Å². The summed E-state index contributed by atoms with van der Waals surface area (Å²) in [6.07, 6.45) is 6.35. The molecule has 0 radical (unpaired) electrons.